The van der Waals surface area contributed by atoms with Crippen LogP contribution in [0.15, 0.2) is 0 Å². The van der Waals surface area contributed by atoms with Gasteiger partial charge in [-0.25, -0.2) is 0 Å². The molecule has 31 valence electrons. The van der Waals surface area contributed by atoms with E-state index in [4.69, 9.17) is 5.26 Å². The first-order valence-corrected chi connectivity index (χ1v) is 2.20. The summed E-state index contributed by atoms with van der Waals surface area (Å²) in [5.41, 5.74) is 0. The Kier molecular flexibility index (Phi) is 2.74. The molecule has 0 aromatic heterocycles. The fourth-order valence-corrected chi connectivity index (χ4v) is 0.200. The minimum atomic E-state index is -0.197. The van der Waals surface area contributed by atoms with E-state index < -0.39 is 0 Å². The van der Waals surface area contributed by atoms with E-state index in [9.17, 15) is 4.79 Å². The van der Waals surface area contributed by atoms with Crippen LogP contribution in [0.2, 0.25) is 0 Å². The second kappa shape index (κ2) is 2.89. The Morgan fingerprint density at radius 2 is 2.50 bits per heavy atom. The van der Waals surface area contributed by atoms with Crippen molar-refractivity contribution in [2.75, 3.05) is 0 Å². The predicted molar refractivity (Wildman–Crippen MR) is 21.0 cm³/mol. The average molecular weight is 147 g/mol. The topological polar surface area (TPSA) is 40.9 Å². The van der Waals surface area contributed by atoms with Crippen LogP contribution >= 0.6 is 0 Å². The van der Waals surface area contributed by atoms with E-state index >= 15 is 0 Å². The van der Waals surface area contributed by atoms with Crippen LogP contribution in [0.25, 0.3) is 0 Å². The van der Waals surface area contributed by atoms with Crippen molar-refractivity contribution in [3.05, 3.63) is 0 Å². The molecule has 0 heterocycles. The summed E-state index contributed by atoms with van der Waals surface area (Å²) >= 11 is 2.18. The first kappa shape index (κ1) is 5.68. The molecule has 1 radical (unpaired) electrons. The van der Waals surface area contributed by atoms with Gasteiger partial charge in [0.25, 0.3) is 0 Å². The molecule has 0 spiro atoms. The molecule has 0 fully saturated rings. The SMILES string of the molecule is N#CCC(=O)[Se]. The summed E-state index contributed by atoms with van der Waals surface area (Å²) in [6.07, 6.45) is -0.0139. The Morgan fingerprint density at radius 3 is 2.50 bits per heavy atom. The summed E-state index contributed by atoms with van der Waals surface area (Å²) in [7, 11) is 0. The second-order valence-corrected chi connectivity index (χ2v) is 1.66. The third kappa shape index (κ3) is 3.68. The maximum atomic E-state index is 9.77. The van der Waals surface area contributed by atoms with Crippen LogP contribution in [0.3, 0.4) is 0 Å². The number of carbonyl (C=O) groups is 1. The van der Waals surface area contributed by atoms with Gasteiger partial charge in [0.15, 0.2) is 0 Å². The Balaban J connectivity index is 3.13. The van der Waals surface area contributed by atoms with E-state index in [2.05, 4.69) is 16.0 Å². The van der Waals surface area contributed by atoms with Crippen LogP contribution in [0.1, 0.15) is 6.42 Å². The van der Waals surface area contributed by atoms with Gasteiger partial charge >= 0.3 is 43.2 Å². The molecule has 0 aliphatic carbocycles. The molecule has 0 unspecified atom stereocenters. The van der Waals surface area contributed by atoms with Gasteiger partial charge in [-0.05, 0) is 0 Å². The zero-order valence-electron chi connectivity index (χ0n) is 2.97. The fourth-order valence-electron chi connectivity index (χ4n) is 0.0645. The van der Waals surface area contributed by atoms with Crippen molar-refractivity contribution in [1.29, 1.82) is 5.26 Å². The first-order chi connectivity index (χ1) is 2.77. The summed E-state index contributed by atoms with van der Waals surface area (Å²) < 4.78 is -0.197. The number of rotatable bonds is 1. The number of nitriles is 1. The molecule has 0 aromatic carbocycles. The van der Waals surface area contributed by atoms with Gasteiger partial charge in [0.1, 0.15) is 0 Å². The van der Waals surface area contributed by atoms with Crippen molar-refractivity contribution in [2.45, 2.75) is 6.42 Å². The summed E-state index contributed by atoms with van der Waals surface area (Å²) in [6.45, 7) is 0. The fraction of sp³-hybridized carbons (Fsp3) is 0.333. The monoisotopic (exact) mass is 148 g/mol. The minimum absolute atomic E-state index is 0.0139. The van der Waals surface area contributed by atoms with Crippen molar-refractivity contribution in [3.63, 3.8) is 0 Å². The zero-order chi connectivity index (χ0) is 4.99. The summed E-state index contributed by atoms with van der Waals surface area (Å²) in [5.74, 6) is 0. The standard InChI is InChI=1S/C3H2NOSe/c4-2-1-3(5)6/h1H2. The number of nitrogens with zero attached hydrogens (tertiary/aromatic N) is 1. The molecule has 0 saturated heterocycles. The van der Waals surface area contributed by atoms with Crippen LogP contribution in [0, 0.1) is 11.3 Å². The molecule has 0 bridgehead atoms. The van der Waals surface area contributed by atoms with E-state index in [1.807, 2.05) is 0 Å². The molecule has 0 saturated carbocycles. The van der Waals surface area contributed by atoms with Gasteiger partial charge in [0.2, 0.25) is 0 Å². The first-order valence-electron chi connectivity index (χ1n) is 1.34. The van der Waals surface area contributed by atoms with Crippen LogP contribution in [0.4, 0.5) is 0 Å². The number of hydrogen-bond acceptors (Lipinski definition) is 2. The van der Waals surface area contributed by atoms with Crippen LogP contribution < -0.4 is 0 Å². The molecule has 6 heavy (non-hydrogen) atoms. The quantitative estimate of drug-likeness (QED) is 0.473. The van der Waals surface area contributed by atoms with Crippen molar-refractivity contribution < 1.29 is 4.79 Å². The predicted octanol–water partition coefficient (Wildman–Crippen LogP) is -0.405. The summed E-state index contributed by atoms with van der Waals surface area (Å²) in [4.78, 5) is 9.77. The van der Waals surface area contributed by atoms with Gasteiger partial charge in [0, 0.05) is 0 Å². The Hall–Kier alpha value is -0.321. The molecular weight excluding hydrogens is 145 g/mol. The van der Waals surface area contributed by atoms with Crippen molar-refractivity contribution >= 4 is 20.7 Å². The van der Waals surface area contributed by atoms with E-state index in [1.165, 1.54) is 0 Å². The Morgan fingerprint density at radius 1 is 2.00 bits per heavy atom. The molecule has 2 nitrogen and oxygen atoms in total. The van der Waals surface area contributed by atoms with Crippen molar-refractivity contribution in [1.82, 2.24) is 0 Å². The zero-order valence-corrected chi connectivity index (χ0v) is 4.68. The Bertz CT molecular complexity index is 93.5. The van der Waals surface area contributed by atoms with Gasteiger partial charge < -0.3 is 0 Å². The summed E-state index contributed by atoms with van der Waals surface area (Å²) in [5, 5.41) is 7.75. The van der Waals surface area contributed by atoms with Crippen LogP contribution in [-0.4, -0.2) is 20.7 Å². The third-order valence-electron chi connectivity index (χ3n) is 0.223. The normalized spacial score (nSPS) is 6.50. The molecular formula is C3H2NOSe. The van der Waals surface area contributed by atoms with Crippen LogP contribution in [0.5, 0.6) is 0 Å². The van der Waals surface area contributed by atoms with Crippen LogP contribution in [-0.2, 0) is 4.79 Å². The van der Waals surface area contributed by atoms with Gasteiger partial charge in [-0.3, -0.25) is 0 Å². The summed E-state index contributed by atoms with van der Waals surface area (Å²) in [6, 6.07) is 1.69. The molecule has 0 N–H and O–H groups in total. The van der Waals surface area contributed by atoms with Crippen molar-refractivity contribution in [2.24, 2.45) is 0 Å². The Labute approximate surface area is 44.0 Å². The van der Waals surface area contributed by atoms with Gasteiger partial charge in [0.05, 0.1) is 0 Å². The van der Waals surface area contributed by atoms with Gasteiger partial charge in [-0.1, -0.05) is 0 Å². The maximum absolute atomic E-state index is 9.77. The molecule has 0 aromatic rings. The molecule has 0 amide bonds. The molecule has 3 heteroatoms. The molecule has 0 aliphatic rings. The van der Waals surface area contributed by atoms with E-state index in [0.717, 1.165) is 0 Å². The molecule has 0 aliphatic heterocycles. The van der Waals surface area contributed by atoms with E-state index in [1.54, 1.807) is 6.07 Å². The number of carbonyl (C=O) groups excluding carboxylic acids is 1. The van der Waals surface area contributed by atoms with Gasteiger partial charge in [-0.15, -0.1) is 0 Å². The van der Waals surface area contributed by atoms with Gasteiger partial charge in [-0.2, -0.15) is 0 Å². The second-order valence-electron chi connectivity index (χ2n) is 0.707. The number of hydrogen-bond donors (Lipinski definition) is 0. The molecule has 0 atom stereocenters. The van der Waals surface area contributed by atoms with E-state index in [-0.39, 0.29) is 11.1 Å². The van der Waals surface area contributed by atoms with Crippen molar-refractivity contribution in [3.8, 4) is 6.07 Å². The van der Waals surface area contributed by atoms with E-state index in [0.29, 0.717) is 0 Å². The molecule has 0 rings (SSSR count). The average Bonchev–Trinajstić information content (AvgIpc) is 1.35. The third-order valence-corrected chi connectivity index (χ3v) is 0.526.